The van der Waals surface area contributed by atoms with E-state index in [9.17, 15) is 9.59 Å². The molecule has 0 unspecified atom stereocenters. The van der Waals surface area contributed by atoms with Crippen molar-refractivity contribution < 1.29 is 9.59 Å². The van der Waals surface area contributed by atoms with Gasteiger partial charge >= 0.3 is 0 Å². The predicted molar refractivity (Wildman–Crippen MR) is 118 cm³/mol. The van der Waals surface area contributed by atoms with Crippen LogP contribution in [0.1, 0.15) is 35.8 Å². The number of benzene rings is 3. The summed E-state index contributed by atoms with van der Waals surface area (Å²) in [5.41, 5.74) is 3.96. The molecule has 2 amide bonds. The largest absolute Gasteiger partial charge is 0.326 e. The highest BCUT2D eigenvalue weighted by molar-refractivity contribution is 5.97. The summed E-state index contributed by atoms with van der Waals surface area (Å²) in [6.45, 7) is 0. The molecule has 0 bridgehead atoms. The standard InChI is InChI=1S/C26H24N2O2/c29-25(23-15-21(23)17-7-3-1-4-8-17)27-19-11-13-20(14-12-19)28-26(30)24-16-22(24)18-9-5-2-6-10-18/h1-14,21-24H,15-16H2,(H,27,29)(H,28,30)/t21-,22+,23-,24-/m1/s1. The summed E-state index contributed by atoms with van der Waals surface area (Å²) in [5.74, 6) is 0.837. The zero-order valence-electron chi connectivity index (χ0n) is 16.6. The molecule has 3 aromatic carbocycles. The lowest BCUT2D eigenvalue weighted by atomic mass is 10.1. The summed E-state index contributed by atoms with van der Waals surface area (Å²) in [6.07, 6.45) is 1.79. The Morgan fingerprint density at radius 2 is 0.933 bits per heavy atom. The zero-order valence-corrected chi connectivity index (χ0v) is 16.6. The molecule has 4 atom stereocenters. The van der Waals surface area contributed by atoms with Gasteiger partial charge in [0, 0.05) is 23.2 Å². The number of amides is 2. The fraction of sp³-hybridized carbons (Fsp3) is 0.231. The van der Waals surface area contributed by atoms with Gasteiger partial charge in [-0.2, -0.15) is 0 Å². The summed E-state index contributed by atoms with van der Waals surface area (Å²) >= 11 is 0. The van der Waals surface area contributed by atoms with Gasteiger partial charge in [-0.05, 0) is 60.1 Å². The second kappa shape index (κ2) is 7.79. The van der Waals surface area contributed by atoms with E-state index in [1.165, 1.54) is 11.1 Å². The van der Waals surface area contributed by atoms with Crippen molar-refractivity contribution in [3.63, 3.8) is 0 Å². The summed E-state index contributed by atoms with van der Waals surface area (Å²) in [6, 6.07) is 27.7. The van der Waals surface area contributed by atoms with Gasteiger partial charge in [-0.1, -0.05) is 60.7 Å². The molecule has 2 aliphatic rings. The molecule has 30 heavy (non-hydrogen) atoms. The molecule has 4 nitrogen and oxygen atoms in total. The van der Waals surface area contributed by atoms with E-state index in [-0.39, 0.29) is 23.7 Å². The van der Waals surface area contributed by atoms with E-state index >= 15 is 0 Å². The molecule has 2 N–H and O–H groups in total. The molecule has 0 saturated heterocycles. The molecule has 0 heterocycles. The third-order valence-corrected chi connectivity index (χ3v) is 6.13. The Balaban J connectivity index is 1.13. The number of hydrogen-bond donors (Lipinski definition) is 2. The maximum absolute atomic E-state index is 12.5. The molecule has 2 saturated carbocycles. The Labute approximate surface area is 176 Å². The Morgan fingerprint density at radius 3 is 1.30 bits per heavy atom. The van der Waals surface area contributed by atoms with Crippen molar-refractivity contribution in [2.75, 3.05) is 10.6 Å². The van der Waals surface area contributed by atoms with Gasteiger partial charge in [-0.25, -0.2) is 0 Å². The first-order valence-corrected chi connectivity index (χ1v) is 10.5. The SMILES string of the molecule is O=C(Nc1ccc(NC(=O)[C@@H]2C[C@H]2c2ccccc2)cc1)[C@@H]1C[C@@H]1c1ccccc1. The van der Waals surface area contributed by atoms with E-state index in [1.54, 1.807) is 0 Å². The van der Waals surface area contributed by atoms with Crippen LogP contribution < -0.4 is 10.6 Å². The number of rotatable bonds is 6. The molecule has 4 heteroatoms. The van der Waals surface area contributed by atoms with Crippen LogP contribution >= 0.6 is 0 Å². The quantitative estimate of drug-likeness (QED) is 0.604. The highest BCUT2D eigenvalue weighted by atomic mass is 16.2. The van der Waals surface area contributed by atoms with Gasteiger partial charge in [0.25, 0.3) is 0 Å². The molecule has 2 aliphatic carbocycles. The van der Waals surface area contributed by atoms with Gasteiger partial charge in [0.2, 0.25) is 11.8 Å². The minimum absolute atomic E-state index is 0.0385. The number of nitrogens with one attached hydrogen (secondary N) is 2. The highest BCUT2D eigenvalue weighted by Crippen LogP contribution is 2.48. The minimum Gasteiger partial charge on any atom is -0.326 e. The maximum atomic E-state index is 12.5. The molecule has 0 radical (unpaired) electrons. The number of anilines is 2. The van der Waals surface area contributed by atoms with Crippen LogP contribution in [0.5, 0.6) is 0 Å². The summed E-state index contributed by atoms with van der Waals surface area (Å²) < 4.78 is 0. The topological polar surface area (TPSA) is 58.2 Å². The highest BCUT2D eigenvalue weighted by Gasteiger charge is 2.44. The van der Waals surface area contributed by atoms with E-state index in [4.69, 9.17) is 0 Å². The van der Waals surface area contributed by atoms with Crippen molar-refractivity contribution in [3.05, 3.63) is 96.1 Å². The van der Waals surface area contributed by atoms with Crippen LogP contribution in [0.3, 0.4) is 0 Å². The van der Waals surface area contributed by atoms with Crippen LogP contribution in [-0.4, -0.2) is 11.8 Å². The summed E-state index contributed by atoms with van der Waals surface area (Å²) in [4.78, 5) is 25.0. The molecule has 0 aromatic heterocycles. The van der Waals surface area contributed by atoms with Gasteiger partial charge in [0.1, 0.15) is 0 Å². The molecule has 3 aromatic rings. The van der Waals surface area contributed by atoms with Crippen LogP contribution in [0.2, 0.25) is 0 Å². The normalized spacial score (nSPS) is 24.0. The van der Waals surface area contributed by atoms with Crippen molar-refractivity contribution in [2.24, 2.45) is 11.8 Å². The molecule has 0 spiro atoms. The average Bonchev–Trinajstić information content (AvgIpc) is 3.70. The number of hydrogen-bond acceptors (Lipinski definition) is 2. The Kier molecular flexibility index (Phi) is 4.83. The van der Waals surface area contributed by atoms with Crippen molar-refractivity contribution in [3.8, 4) is 0 Å². The summed E-state index contributed by atoms with van der Waals surface area (Å²) in [5, 5.41) is 5.99. The molecule has 150 valence electrons. The lowest BCUT2D eigenvalue weighted by Gasteiger charge is -2.08. The molecule has 0 aliphatic heterocycles. The molecular formula is C26H24N2O2. The van der Waals surface area contributed by atoms with E-state index in [2.05, 4.69) is 34.9 Å². The van der Waals surface area contributed by atoms with Crippen molar-refractivity contribution in [1.82, 2.24) is 0 Å². The minimum atomic E-state index is 0.0385. The van der Waals surface area contributed by atoms with Gasteiger partial charge in [0.05, 0.1) is 0 Å². The van der Waals surface area contributed by atoms with E-state index in [1.807, 2.05) is 60.7 Å². The number of carbonyl (C=O) groups is 2. The lowest BCUT2D eigenvalue weighted by Crippen LogP contribution is -2.16. The van der Waals surface area contributed by atoms with Gasteiger partial charge in [-0.15, -0.1) is 0 Å². The van der Waals surface area contributed by atoms with Crippen LogP contribution in [0.25, 0.3) is 0 Å². The predicted octanol–water partition coefficient (Wildman–Crippen LogP) is 5.17. The van der Waals surface area contributed by atoms with Gasteiger partial charge < -0.3 is 10.6 Å². The van der Waals surface area contributed by atoms with E-state index in [0.717, 1.165) is 24.2 Å². The Hall–Kier alpha value is -3.40. The summed E-state index contributed by atoms with van der Waals surface area (Å²) in [7, 11) is 0. The third kappa shape index (κ3) is 3.99. The average molecular weight is 396 g/mol. The van der Waals surface area contributed by atoms with Crippen LogP contribution in [-0.2, 0) is 9.59 Å². The third-order valence-electron chi connectivity index (χ3n) is 6.13. The first kappa shape index (κ1) is 18.6. The van der Waals surface area contributed by atoms with E-state index in [0.29, 0.717) is 11.8 Å². The van der Waals surface area contributed by atoms with Crippen molar-refractivity contribution in [1.29, 1.82) is 0 Å². The fourth-order valence-corrected chi connectivity index (χ4v) is 4.21. The lowest BCUT2D eigenvalue weighted by molar-refractivity contribution is -0.118. The van der Waals surface area contributed by atoms with Crippen molar-refractivity contribution in [2.45, 2.75) is 24.7 Å². The number of carbonyl (C=O) groups excluding carboxylic acids is 2. The van der Waals surface area contributed by atoms with E-state index < -0.39 is 0 Å². The second-order valence-corrected chi connectivity index (χ2v) is 8.27. The monoisotopic (exact) mass is 396 g/mol. The fourth-order valence-electron chi connectivity index (χ4n) is 4.21. The van der Waals surface area contributed by atoms with Crippen LogP contribution in [0, 0.1) is 11.8 Å². The van der Waals surface area contributed by atoms with Gasteiger partial charge in [-0.3, -0.25) is 9.59 Å². The smallest absolute Gasteiger partial charge is 0.228 e. The second-order valence-electron chi connectivity index (χ2n) is 8.27. The molecular weight excluding hydrogens is 372 g/mol. The maximum Gasteiger partial charge on any atom is 0.228 e. The molecule has 2 fully saturated rings. The Morgan fingerprint density at radius 1 is 0.567 bits per heavy atom. The zero-order chi connectivity index (χ0) is 20.5. The first-order valence-electron chi connectivity index (χ1n) is 10.5. The van der Waals surface area contributed by atoms with Crippen molar-refractivity contribution >= 4 is 23.2 Å². The van der Waals surface area contributed by atoms with Crippen LogP contribution in [0.15, 0.2) is 84.9 Å². The molecule has 5 rings (SSSR count). The van der Waals surface area contributed by atoms with Crippen LogP contribution in [0.4, 0.5) is 11.4 Å². The first-order chi connectivity index (χ1) is 14.7. The van der Waals surface area contributed by atoms with Gasteiger partial charge in [0.15, 0.2) is 0 Å². The Bertz CT molecular complexity index is 961.